The number of halogens is 3. The number of fused-ring (bicyclic) bond motifs is 4. The molecule has 0 radical (unpaired) electrons. The van der Waals surface area contributed by atoms with Gasteiger partial charge in [0.05, 0.1) is 23.6 Å². The summed E-state index contributed by atoms with van der Waals surface area (Å²) in [6, 6.07) is 1.50. The number of cyclic esters (lactones) is 1. The number of amides is 2. The summed E-state index contributed by atoms with van der Waals surface area (Å²) in [6.45, 7) is 13.8. The Morgan fingerprint density at radius 3 is 2.44 bits per heavy atom. The molecule has 0 saturated carbocycles. The molecular formula is C33H45F3N4O5. The molecule has 9 nitrogen and oxygen atoms in total. The van der Waals surface area contributed by atoms with Crippen molar-refractivity contribution in [3.63, 3.8) is 0 Å². The van der Waals surface area contributed by atoms with E-state index in [2.05, 4.69) is 15.3 Å². The first kappa shape index (κ1) is 34.4. The lowest BCUT2D eigenvalue weighted by Gasteiger charge is -2.37. The normalized spacial score (nSPS) is 27.9. The van der Waals surface area contributed by atoms with Gasteiger partial charge in [-0.3, -0.25) is 9.59 Å². The van der Waals surface area contributed by atoms with Crippen molar-refractivity contribution in [2.45, 2.75) is 117 Å². The van der Waals surface area contributed by atoms with Crippen molar-refractivity contribution in [1.82, 2.24) is 20.2 Å². The van der Waals surface area contributed by atoms with Crippen molar-refractivity contribution in [2.24, 2.45) is 17.3 Å². The number of ether oxygens (including phenoxy) is 2. The van der Waals surface area contributed by atoms with E-state index in [4.69, 9.17) is 9.47 Å². The minimum absolute atomic E-state index is 0.0420. The zero-order chi connectivity index (χ0) is 33.5. The number of ketones is 1. The maximum absolute atomic E-state index is 16.0. The summed E-state index contributed by atoms with van der Waals surface area (Å²) >= 11 is 0. The molecule has 0 aliphatic carbocycles. The Morgan fingerprint density at radius 1 is 1.13 bits per heavy atom. The van der Waals surface area contributed by atoms with E-state index in [-0.39, 0.29) is 35.7 Å². The zero-order valence-electron chi connectivity index (χ0n) is 27.4. The highest BCUT2D eigenvalue weighted by atomic mass is 19.3. The van der Waals surface area contributed by atoms with E-state index in [1.54, 1.807) is 34.6 Å². The van der Waals surface area contributed by atoms with Crippen molar-refractivity contribution in [2.75, 3.05) is 6.54 Å². The van der Waals surface area contributed by atoms with Gasteiger partial charge in [0.15, 0.2) is 11.5 Å². The van der Waals surface area contributed by atoms with E-state index in [0.29, 0.717) is 19.3 Å². The molecule has 5 unspecified atom stereocenters. The lowest BCUT2D eigenvalue weighted by Crippen LogP contribution is -2.58. The Labute approximate surface area is 262 Å². The van der Waals surface area contributed by atoms with Gasteiger partial charge in [0.1, 0.15) is 23.6 Å². The lowest BCUT2D eigenvalue weighted by molar-refractivity contribution is -0.141. The van der Waals surface area contributed by atoms with Crippen molar-refractivity contribution in [1.29, 1.82) is 0 Å². The molecular weight excluding hydrogens is 589 g/mol. The Morgan fingerprint density at radius 2 is 1.82 bits per heavy atom. The first-order valence-electron chi connectivity index (χ1n) is 15.7. The van der Waals surface area contributed by atoms with Gasteiger partial charge < -0.3 is 19.7 Å². The lowest BCUT2D eigenvalue weighted by atomic mass is 9.85. The van der Waals surface area contributed by atoms with Crippen LogP contribution in [0.15, 0.2) is 18.2 Å². The largest absolute Gasteiger partial charge is 0.471 e. The van der Waals surface area contributed by atoms with Crippen LogP contribution in [0.3, 0.4) is 0 Å². The molecule has 1 aromatic carbocycles. The second-order valence-electron chi connectivity index (χ2n) is 14.1. The first-order chi connectivity index (χ1) is 20.9. The van der Waals surface area contributed by atoms with E-state index in [9.17, 15) is 18.8 Å². The number of hydrogen-bond acceptors (Lipinski definition) is 7. The van der Waals surface area contributed by atoms with E-state index in [1.165, 1.54) is 17.9 Å². The standard InChI is InChI=1S/C33H45F3N4O5/c1-9-21-24-17-40(25(21)19(3)41)29(42)27(31(4,5)6)39-30(43)45-32(7,8)18(2)12-10-11-15-33(35,36)26-28(44-24)38-23-16-20(34)13-14-22(23)37-26/h13-14,16,18,21,24-25,27H,9-12,15,17H2,1-8H3,(H,39,43). The van der Waals surface area contributed by atoms with Crippen LogP contribution in [-0.4, -0.2) is 63.0 Å². The van der Waals surface area contributed by atoms with Crippen LogP contribution in [0.5, 0.6) is 5.88 Å². The number of nitrogens with zero attached hydrogens (tertiary/aromatic N) is 3. The molecule has 1 saturated heterocycles. The van der Waals surface area contributed by atoms with Gasteiger partial charge in [0, 0.05) is 18.4 Å². The third kappa shape index (κ3) is 7.35. The van der Waals surface area contributed by atoms with Crippen molar-refractivity contribution >= 4 is 28.8 Å². The summed E-state index contributed by atoms with van der Waals surface area (Å²) in [5.41, 5.74) is -2.28. The van der Waals surface area contributed by atoms with Crippen LogP contribution in [-0.2, 0) is 20.2 Å². The van der Waals surface area contributed by atoms with Gasteiger partial charge in [0.25, 0.3) is 5.92 Å². The van der Waals surface area contributed by atoms with Crippen LogP contribution >= 0.6 is 0 Å². The fourth-order valence-electron chi connectivity index (χ4n) is 6.28. The molecule has 0 spiro atoms. The predicted molar refractivity (Wildman–Crippen MR) is 162 cm³/mol. The molecule has 248 valence electrons. The summed E-state index contributed by atoms with van der Waals surface area (Å²) in [6.07, 6.45) is -0.797. The number of rotatable bonds is 2. The summed E-state index contributed by atoms with van der Waals surface area (Å²) in [4.78, 5) is 50.4. The van der Waals surface area contributed by atoms with Crippen LogP contribution in [0.4, 0.5) is 18.0 Å². The maximum Gasteiger partial charge on any atom is 0.408 e. The maximum atomic E-state index is 16.0. The molecule has 2 aromatic rings. The topological polar surface area (TPSA) is 111 Å². The van der Waals surface area contributed by atoms with Crippen molar-refractivity contribution < 1.29 is 37.0 Å². The molecule has 3 heterocycles. The number of carbonyl (C=O) groups excluding carboxylic acids is 3. The molecule has 1 fully saturated rings. The molecule has 2 amide bonds. The average molecular weight is 635 g/mol. The summed E-state index contributed by atoms with van der Waals surface area (Å²) in [5, 5.41) is 2.75. The molecule has 2 bridgehead atoms. The van der Waals surface area contributed by atoms with Gasteiger partial charge in [-0.2, -0.15) is 8.78 Å². The Kier molecular flexibility index (Phi) is 9.76. The summed E-state index contributed by atoms with van der Waals surface area (Å²) < 4.78 is 58.0. The second kappa shape index (κ2) is 12.7. The van der Waals surface area contributed by atoms with Gasteiger partial charge in [-0.1, -0.05) is 41.0 Å². The third-order valence-corrected chi connectivity index (χ3v) is 9.27. The number of alkyl halides is 2. The highest BCUT2D eigenvalue weighted by Crippen LogP contribution is 2.41. The second-order valence-corrected chi connectivity index (χ2v) is 14.1. The fraction of sp³-hybridized carbons (Fsp3) is 0.667. The minimum Gasteiger partial charge on any atom is -0.471 e. The summed E-state index contributed by atoms with van der Waals surface area (Å²) in [5.74, 6) is -6.11. The van der Waals surface area contributed by atoms with E-state index >= 15 is 8.78 Å². The number of benzene rings is 1. The number of aromatic nitrogens is 2. The third-order valence-electron chi connectivity index (χ3n) is 9.27. The molecule has 1 aromatic heterocycles. The Hall–Kier alpha value is -3.44. The van der Waals surface area contributed by atoms with Gasteiger partial charge in [-0.25, -0.2) is 19.2 Å². The summed E-state index contributed by atoms with van der Waals surface area (Å²) in [7, 11) is 0. The van der Waals surface area contributed by atoms with E-state index in [1.807, 2.05) is 13.8 Å². The molecule has 2 aliphatic rings. The number of carbonyl (C=O) groups is 3. The molecule has 1 N–H and O–H groups in total. The van der Waals surface area contributed by atoms with Gasteiger partial charge >= 0.3 is 6.09 Å². The minimum atomic E-state index is -3.45. The van der Waals surface area contributed by atoms with Gasteiger partial charge in [-0.15, -0.1) is 0 Å². The average Bonchev–Trinajstić information content (AvgIpc) is 3.30. The first-order valence-corrected chi connectivity index (χ1v) is 15.7. The quantitative estimate of drug-likeness (QED) is 0.398. The Bertz CT molecular complexity index is 1440. The molecule has 2 aliphatic heterocycles. The smallest absolute Gasteiger partial charge is 0.408 e. The number of alkyl carbamates (subject to hydrolysis) is 1. The van der Waals surface area contributed by atoms with Gasteiger partial charge in [0.2, 0.25) is 11.8 Å². The van der Waals surface area contributed by atoms with Crippen LogP contribution in [0.25, 0.3) is 11.0 Å². The van der Waals surface area contributed by atoms with Gasteiger partial charge in [-0.05, 0) is 63.5 Å². The molecule has 4 rings (SSSR count). The molecule has 45 heavy (non-hydrogen) atoms. The molecule has 12 heteroatoms. The van der Waals surface area contributed by atoms with Crippen molar-refractivity contribution in [3.05, 3.63) is 29.7 Å². The highest BCUT2D eigenvalue weighted by Gasteiger charge is 2.51. The number of hydrogen-bond donors (Lipinski definition) is 1. The number of Topliss-reactive ketones (excluding diaryl/α,β-unsaturated/α-hetero) is 1. The van der Waals surface area contributed by atoms with Crippen molar-refractivity contribution in [3.8, 4) is 5.88 Å². The van der Waals surface area contributed by atoms with Crippen LogP contribution in [0.2, 0.25) is 0 Å². The predicted octanol–water partition coefficient (Wildman–Crippen LogP) is 6.56. The monoisotopic (exact) mass is 634 g/mol. The zero-order valence-corrected chi connectivity index (χ0v) is 27.4. The van der Waals surface area contributed by atoms with E-state index < -0.39 is 76.9 Å². The fourth-order valence-corrected chi connectivity index (χ4v) is 6.28. The van der Waals surface area contributed by atoms with Crippen LogP contribution in [0, 0.1) is 23.1 Å². The van der Waals surface area contributed by atoms with Crippen LogP contribution < -0.4 is 10.1 Å². The Balaban J connectivity index is 1.85. The van der Waals surface area contributed by atoms with E-state index in [0.717, 1.165) is 12.1 Å². The number of nitrogens with one attached hydrogen (secondary N) is 1. The van der Waals surface area contributed by atoms with Crippen LogP contribution in [0.1, 0.15) is 93.2 Å². The highest BCUT2D eigenvalue weighted by molar-refractivity contribution is 5.92. The molecule has 5 atom stereocenters. The SMILES string of the molecule is CCC1C2CN(C(=O)C(C(C)(C)C)NC(=O)OC(C)(C)C(C)CCCCC(F)(F)c3nc4ccc(F)cc4nc3O2)C1C(C)=O.